The van der Waals surface area contributed by atoms with Crippen molar-refractivity contribution in [3.05, 3.63) is 78.4 Å². The number of fused-ring (bicyclic) bond motifs is 1. The van der Waals surface area contributed by atoms with E-state index in [1.165, 1.54) is 16.7 Å². The molecule has 0 unspecified atom stereocenters. The SMILES string of the molecule is C[C@H](NC(=O)[C@@H]1CCCN1C(=O)OCc1ccccc1)C(=O)NCC(=O)N1CCC[C@H]1C(=O)Nc1ccc2ccccc2c1. The van der Waals surface area contributed by atoms with E-state index in [1.54, 1.807) is 0 Å². The number of carbonyl (C=O) groups excluding carboxylic acids is 5. The normalized spacial score (nSPS) is 18.5. The molecular weight excluding hydrogens is 562 g/mol. The highest BCUT2D eigenvalue weighted by Gasteiger charge is 2.37. The van der Waals surface area contributed by atoms with Crippen LogP contribution in [-0.4, -0.2) is 77.3 Å². The molecule has 230 valence electrons. The fourth-order valence-corrected chi connectivity index (χ4v) is 5.68. The van der Waals surface area contributed by atoms with E-state index in [2.05, 4.69) is 16.0 Å². The summed E-state index contributed by atoms with van der Waals surface area (Å²) in [6.45, 7) is 2.10. The molecule has 3 atom stereocenters. The van der Waals surface area contributed by atoms with Crippen LogP contribution in [0.15, 0.2) is 72.8 Å². The van der Waals surface area contributed by atoms with E-state index in [9.17, 15) is 24.0 Å². The summed E-state index contributed by atoms with van der Waals surface area (Å²) < 4.78 is 5.39. The molecule has 44 heavy (non-hydrogen) atoms. The molecule has 0 bridgehead atoms. The van der Waals surface area contributed by atoms with Crippen LogP contribution in [-0.2, 0) is 30.5 Å². The van der Waals surface area contributed by atoms with Crippen LogP contribution in [0.3, 0.4) is 0 Å². The minimum atomic E-state index is -0.941. The van der Waals surface area contributed by atoms with Crippen molar-refractivity contribution in [2.75, 3.05) is 25.0 Å². The molecule has 2 heterocycles. The smallest absolute Gasteiger partial charge is 0.410 e. The lowest BCUT2D eigenvalue weighted by Crippen LogP contribution is -2.53. The van der Waals surface area contributed by atoms with Gasteiger partial charge in [-0.15, -0.1) is 0 Å². The summed E-state index contributed by atoms with van der Waals surface area (Å²) in [7, 11) is 0. The first-order valence-electron chi connectivity index (χ1n) is 14.9. The predicted molar refractivity (Wildman–Crippen MR) is 164 cm³/mol. The van der Waals surface area contributed by atoms with Crippen molar-refractivity contribution in [1.82, 2.24) is 20.4 Å². The lowest BCUT2D eigenvalue weighted by atomic mass is 10.1. The molecule has 0 aromatic heterocycles. The van der Waals surface area contributed by atoms with Gasteiger partial charge < -0.3 is 25.6 Å². The monoisotopic (exact) mass is 599 g/mol. The van der Waals surface area contributed by atoms with Gasteiger partial charge in [-0.3, -0.25) is 24.1 Å². The first-order valence-corrected chi connectivity index (χ1v) is 14.9. The first-order chi connectivity index (χ1) is 21.3. The molecule has 0 radical (unpaired) electrons. The van der Waals surface area contributed by atoms with Gasteiger partial charge >= 0.3 is 6.09 Å². The number of benzene rings is 3. The number of likely N-dealkylation sites (tertiary alicyclic amines) is 2. The Kier molecular flexibility index (Phi) is 9.73. The first kappa shape index (κ1) is 30.5. The Balaban J connectivity index is 1.08. The van der Waals surface area contributed by atoms with E-state index in [1.807, 2.05) is 72.8 Å². The molecular formula is C33H37N5O6. The molecule has 2 aliphatic rings. The van der Waals surface area contributed by atoms with Crippen LogP contribution in [0.25, 0.3) is 10.8 Å². The van der Waals surface area contributed by atoms with Crippen molar-refractivity contribution in [3.63, 3.8) is 0 Å². The van der Waals surface area contributed by atoms with Crippen LogP contribution in [0.5, 0.6) is 0 Å². The Labute approximate surface area is 255 Å². The predicted octanol–water partition coefficient (Wildman–Crippen LogP) is 3.19. The highest BCUT2D eigenvalue weighted by atomic mass is 16.6. The van der Waals surface area contributed by atoms with Gasteiger partial charge in [-0.1, -0.05) is 60.7 Å². The molecule has 0 aliphatic carbocycles. The number of rotatable bonds is 9. The number of hydrogen-bond acceptors (Lipinski definition) is 6. The second-order valence-corrected chi connectivity index (χ2v) is 11.1. The van der Waals surface area contributed by atoms with Crippen molar-refractivity contribution < 1.29 is 28.7 Å². The Hall–Kier alpha value is -4.93. The summed E-state index contributed by atoms with van der Waals surface area (Å²) in [4.78, 5) is 67.4. The van der Waals surface area contributed by atoms with Gasteiger partial charge in [-0.05, 0) is 61.1 Å². The molecule has 2 fully saturated rings. The van der Waals surface area contributed by atoms with E-state index in [0.717, 1.165) is 16.3 Å². The van der Waals surface area contributed by atoms with Gasteiger partial charge in [0.05, 0.1) is 6.54 Å². The molecule has 3 aromatic carbocycles. The Morgan fingerprint density at radius 1 is 0.818 bits per heavy atom. The van der Waals surface area contributed by atoms with Crippen molar-refractivity contribution in [3.8, 4) is 0 Å². The highest BCUT2D eigenvalue weighted by Crippen LogP contribution is 2.23. The van der Waals surface area contributed by atoms with Crippen LogP contribution in [0.2, 0.25) is 0 Å². The second-order valence-electron chi connectivity index (χ2n) is 11.1. The summed E-state index contributed by atoms with van der Waals surface area (Å²) in [5, 5.41) is 10.2. The zero-order chi connectivity index (χ0) is 31.1. The van der Waals surface area contributed by atoms with Gasteiger partial charge in [0.1, 0.15) is 24.7 Å². The fourth-order valence-electron chi connectivity index (χ4n) is 5.68. The third-order valence-corrected chi connectivity index (χ3v) is 8.05. The van der Waals surface area contributed by atoms with Gasteiger partial charge in [-0.25, -0.2) is 4.79 Å². The Morgan fingerprint density at radius 2 is 1.48 bits per heavy atom. The van der Waals surface area contributed by atoms with Gasteiger partial charge in [0.25, 0.3) is 0 Å². The van der Waals surface area contributed by atoms with Gasteiger partial charge in [-0.2, -0.15) is 0 Å². The summed E-state index contributed by atoms with van der Waals surface area (Å²) >= 11 is 0. The second kappa shape index (κ2) is 14.0. The van der Waals surface area contributed by atoms with Gasteiger partial charge in [0, 0.05) is 18.8 Å². The van der Waals surface area contributed by atoms with Crippen LogP contribution >= 0.6 is 0 Å². The maximum absolute atomic E-state index is 13.1. The van der Waals surface area contributed by atoms with Crippen molar-refractivity contribution in [2.24, 2.45) is 0 Å². The van der Waals surface area contributed by atoms with Crippen LogP contribution in [0, 0.1) is 0 Å². The number of ether oxygens (including phenoxy) is 1. The van der Waals surface area contributed by atoms with Crippen LogP contribution in [0.1, 0.15) is 38.2 Å². The lowest BCUT2D eigenvalue weighted by Gasteiger charge is -2.26. The van der Waals surface area contributed by atoms with Gasteiger partial charge in [0.2, 0.25) is 23.6 Å². The maximum atomic E-state index is 13.1. The van der Waals surface area contributed by atoms with Crippen LogP contribution < -0.4 is 16.0 Å². The number of nitrogens with zero attached hydrogens (tertiary/aromatic N) is 2. The van der Waals surface area contributed by atoms with Gasteiger partial charge in [0.15, 0.2) is 0 Å². The number of carbonyl (C=O) groups is 5. The molecule has 2 aliphatic heterocycles. The minimum Gasteiger partial charge on any atom is -0.445 e. The maximum Gasteiger partial charge on any atom is 0.410 e. The molecule has 11 nitrogen and oxygen atoms in total. The van der Waals surface area contributed by atoms with E-state index < -0.39 is 36.0 Å². The number of hydrogen-bond donors (Lipinski definition) is 3. The summed E-state index contributed by atoms with van der Waals surface area (Å²) in [5.74, 6) is -1.66. The quantitative estimate of drug-likeness (QED) is 0.346. The molecule has 0 saturated carbocycles. The summed E-state index contributed by atoms with van der Waals surface area (Å²) in [5.41, 5.74) is 1.49. The largest absolute Gasteiger partial charge is 0.445 e. The molecule has 0 spiro atoms. The standard InChI is InChI=1S/C33H37N5O6/c1-22(35-31(41)28-14-8-18-38(28)33(43)44-21-23-9-3-2-4-10-23)30(40)34-20-29(39)37-17-7-13-27(37)32(42)36-26-16-15-24-11-5-6-12-25(24)19-26/h2-6,9-12,15-16,19,22,27-28H,7-8,13-14,17-18,20-21H2,1H3,(H,34,40)(H,35,41)(H,36,42)/t22-,27-,28-/m0/s1. The Bertz CT molecular complexity index is 1530. The van der Waals surface area contributed by atoms with Crippen molar-refractivity contribution in [2.45, 2.75) is 57.3 Å². The number of anilines is 1. The zero-order valence-electron chi connectivity index (χ0n) is 24.7. The summed E-state index contributed by atoms with van der Waals surface area (Å²) in [6.07, 6.45) is 1.71. The molecule has 5 rings (SSSR count). The lowest BCUT2D eigenvalue weighted by molar-refractivity contribution is -0.137. The molecule has 11 heteroatoms. The summed E-state index contributed by atoms with van der Waals surface area (Å²) in [6, 6.07) is 20.4. The van der Waals surface area contributed by atoms with E-state index in [4.69, 9.17) is 4.74 Å². The molecule has 3 N–H and O–H groups in total. The van der Waals surface area contributed by atoms with E-state index >= 15 is 0 Å². The molecule has 2 saturated heterocycles. The minimum absolute atomic E-state index is 0.0975. The fraction of sp³-hybridized carbons (Fsp3) is 0.364. The number of amides is 5. The average molecular weight is 600 g/mol. The van der Waals surface area contributed by atoms with Crippen molar-refractivity contribution >= 4 is 46.2 Å². The third kappa shape index (κ3) is 7.34. The van der Waals surface area contributed by atoms with E-state index in [-0.39, 0.29) is 25.0 Å². The number of nitrogens with one attached hydrogen (secondary N) is 3. The highest BCUT2D eigenvalue weighted by molar-refractivity contribution is 6.00. The average Bonchev–Trinajstić information content (AvgIpc) is 3.74. The Morgan fingerprint density at radius 3 is 2.23 bits per heavy atom. The molecule has 3 aromatic rings. The topological polar surface area (TPSA) is 137 Å². The third-order valence-electron chi connectivity index (χ3n) is 8.05. The zero-order valence-corrected chi connectivity index (χ0v) is 24.7. The van der Waals surface area contributed by atoms with E-state index in [0.29, 0.717) is 44.5 Å². The van der Waals surface area contributed by atoms with Crippen LogP contribution in [0.4, 0.5) is 10.5 Å². The van der Waals surface area contributed by atoms with Crippen molar-refractivity contribution in [1.29, 1.82) is 0 Å². The molecule has 5 amide bonds.